The molecule has 3 aromatic rings. The van der Waals surface area contributed by atoms with Crippen molar-refractivity contribution in [2.75, 3.05) is 19.8 Å². The molecule has 206 valence electrons. The first-order chi connectivity index (χ1) is 18.1. The highest BCUT2D eigenvalue weighted by molar-refractivity contribution is 5.81. The molecule has 0 radical (unpaired) electrons. The lowest BCUT2D eigenvalue weighted by Gasteiger charge is -2.23. The fourth-order valence-electron chi connectivity index (χ4n) is 4.92. The maximum atomic E-state index is 12.5. The lowest BCUT2D eigenvalue weighted by atomic mass is 10.0. The lowest BCUT2D eigenvalue weighted by Crippen LogP contribution is -2.45. The van der Waals surface area contributed by atoms with Gasteiger partial charge in [-0.05, 0) is 56.4 Å². The number of carbonyl (C=O) groups excluding carboxylic acids is 1. The predicted molar refractivity (Wildman–Crippen MR) is 147 cm³/mol. The summed E-state index contributed by atoms with van der Waals surface area (Å²) < 4.78 is 14.9. The van der Waals surface area contributed by atoms with Gasteiger partial charge in [0, 0.05) is 50.0 Å². The number of imidazole rings is 1. The Balaban J connectivity index is 1.64. The van der Waals surface area contributed by atoms with Gasteiger partial charge in [-0.3, -0.25) is 14.9 Å². The fraction of sp³-hybridized carbons (Fsp3) is 0.552. The molecule has 0 bridgehead atoms. The number of benzene rings is 1. The number of esters is 1. The summed E-state index contributed by atoms with van der Waals surface area (Å²) in [5.74, 6) is 0.962. The summed E-state index contributed by atoms with van der Waals surface area (Å²) in [6, 6.07) is 7.15. The van der Waals surface area contributed by atoms with Crippen LogP contribution in [-0.4, -0.2) is 57.2 Å². The Morgan fingerprint density at radius 1 is 1.29 bits per heavy atom. The molecule has 9 heteroatoms. The molecule has 4 rings (SSSR count). The second-order valence-electron chi connectivity index (χ2n) is 10.9. The second-order valence-corrected chi connectivity index (χ2v) is 10.9. The molecule has 1 saturated heterocycles. The van der Waals surface area contributed by atoms with E-state index in [1.54, 1.807) is 18.5 Å². The van der Waals surface area contributed by atoms with Crippen molar-refractivity contribution in [1.29, 1.82) is 0 Å². The van der Waals surface area contributed by atoms with Gasteiger partial charge in [0.15, 0.2) is 0 Å². The number of nitrogens with one attached hydrogen (secondary N) is 1. The molecule has 1 aliphatic rings. The minimum atomic E-state index is -0.894. The van der Waals surface area contributed by atoms with Crippen LogP contribution in [0.1, 0.15) is 44.7 Å². The highest BCUT2D eigenvalue weighted by Crippen LogP contribution is 2.28. The molecule has 3 heterocycles. The third kappa shape index (κ3) is 6.51. The summed E-state index contributed by atoms with van der Waals surface area (Å²) in [7, 11) is 1.76. The summed E-state index contributed by atoms with van der Waals surface area (Å²) in [5.41, 5.74) is 4.31. The molecule has 1 fully saturated rings. The Hall–Kier alpha value is -3.01. The molecule has 0 amide bonds. The van der Waals surface area contributed by atoms with Gasteiger partial charge in [-0.1, -0.05) is 19.9 Å². The summed E-state index contributed by atoms with van der Waals surface area (Å²) in [6.45, 7) is 10.3. The highest BCUT2D eigenvalue weighted by atomic mass is 16.5. The van der Waals surface area contributed by atoms with Gasteiger partial charge in [-0.2, -0.15) is 0 Å². The van der Waals surface area contributed by atoms with Crippen LogP contribution < -0.4 is 10.9 Å². The molecule has 2 aromatic heterocycles. The van der Waals surface area contributed by atoms with Gasteiger partial charge >= 0.3 is 5.97 Å². The average Bonchev–Trinajstić information content (AvgIpc) is 3.23. The molecule has 0 spiro atoms. The average molecular weight is 525 g/mol. The van der Waals surface area contributed by atoms with Gasteiger partial charge in [0.25, 0.3) is 5.56 Å². The first-order valence-electron chi connectivity index (χ1n) is 13.5. The number of fused-ring (bicyclic) bond motifs is 1. The zero-order valence-electron chi connectivity index (χ0n) is 23.1. The molecule has 1 aromatic carbocycles. The summed E-state index contributed by atoms with van der Waals surface area (Å²) in [4.78, 5) is 29.8. The molecule has 3 atom stereocenters. The minimum absolute atomic E-state index is 0.0231. The quantitative estimate of drug-likeness (QED) is 0.392. The largest absolute Gasteiger partial charge is 0.464 e. The normalized spacial score (nSPS) is 17.6. The second kappa shape index (κ2) is 12.2. The number of nitrogens with zero attached hydrogens (tertiary/aromatic N) is 3. The molecule has 0 aliphatic carbocycles. The van der Waals surface area contributed by atoms with Crippen molar-refractivity contribution < 1.29 is 19.4 Å². The number of aryl methyl sites for hydroxylation is 2. The van der Waals surface area contributed by atoms with E-state index in [-0.39, 0.29) is 11.5 Å². The van der Waals surface area contributed by atoms with E-state index in [0.29, 0.717) is 24.6 Å². The van der Waals surface area contributed by atoms with E-state index >= 15 is 0 Å². The summed E-state index contributed by atoms with van der Waals surface area (Å²) in [6.07, 6.45) is 3.09. The Kier molecular flexibility index (Phi) is 9.02. The number of pyridine rings is 1. The molecule has 38 heavy (non-hydrogen) atoms. The van der Waals surface area contributed by atoms with Gasteiger partial charge in [0.1, 0.15) is 11.9 Å². The van der Waals surface area contributed by atoms with Crippen molar-refractivity contribution in [3.05, 3.63) is 51.9 Å². The minimum Gasteiger partial charge on any atom is -0.464 e. The van der Waals surface area contributed by atoms with Crippen molar-refractivity contribution in [2.24, 2.45) is 18.9 Å². The molecule has 0 saturated carbocycles. The van der Waals surface area contributed by atoms with Crippen molar-refractivity contribution >= 4 is 17.0 Å². The van der Waals surface area contributed by atoms with Crippen molar-refractivity contribution in [1.82, 2.24) is 19.4 Å². The number of hydrogen-bond donors (Lipinski definition) is 2. The fourth-order valence-corrected chi connectivity index (χ4v) is 4.92. The third-order valence-corrected chi connectivity index (χ3v) is 6.95. The SMILES string of the molecule is Cc1cc(-c2nc3cc(CNC(C(=O)OCC(C)C)C(C)O)ccc3n2CC2CCCOC2)cn(C)c1=O. The van der Waals surface area contributed by atoms with Gasteiger partial charge in [0.05, 0.1) is 30.4 Å². The smallest absolute Gasteiger partial charge is 0.325 e. The van der Waals surface area contributed by atoms with Crippen LogP contribution in [-0.2, 0) is 34.4 Å². The molecular formula is C29H40N4O5. The maximum absolute atomic E-state index is 12.5. The van der Waals surface area contributed by atoms with E-state index < -0.39 is 18.1 Å². The first kappa shape index (κ1) is 28.0. The molecule has 1 aliphatic heterocycles. The Morgan fingerprint density at radius 3 is 2.74 bits per heavy atom. The summed E-state index contributed by atoms with van der Waals surface area (Å²) in [5, 5.41) is 13.3. The monoisotopic (exact) mass is 524 g/mol. The Morgan fingerprint density at radius 2 is 2.08 bits per heavy atom. The summed E-state index contributed by atoms with van der Waals surface area (Å²) >= 11 is 0. The third-order valence-electron chi connectivity index (χ3n) is 6.95. The Bertz CT molecular complexity index is 1290. The number of ether oxygens (including phenoxy) is 2. The lowest BCUT2D eigenvalue weighted by molar-refractivity contribution is -0.150. The van der Waals surface area contributed by atoms with E-state index in [1.165, 1.54) is 0 Å². The highest BCUT2D eigenvalue weighted by Gasteiger charge is 2.25. The van der Waals surface area contributed by atoms with Gasteiger partial charge in [0.2, 0.25) is 0 Å². The van der Waals surface area contributed by atoms with E-state index in [1.807, 2.05) is 45.2 Å². The topological polar surface area (TPSA) is 108 Å². The molecule has 9 nitrogen and oxygen atoms in total. The van der Waals surface area contributed by atoms with Crippen LogP contribution in [0.2, 0.25) is 0 Å². The number of aromatic nitrogens is 3. The van der Waals surface area contributed by atoms with E-state index in [0.717, 1.165) is 60.6 Å². The first-order valence-corrected chi connectivity index (χ1v) is 13.5. The number of aliphatic hydroxyl groups is 1. The van der Waals surface area contributed by atoms with Crippen LogP contribution in [0.5, 0.6) is 0 Å². The van der Waals surface area contributed by atoms with Crippen LogP contribution >= 0.6 is 0 Å². The van der Waals surface area contributed by atoms with Crippen molar-refractivity contribution in [2.45, 2.75) is 65.8 Å². The predicted octanol–water partition coefficient (Wildman–Crippen LogP) is 3.18. The van der Waals surface area contributed by atoms with Crippen LogP contribution in [0.3, 0.4) is 0 Å². The number of rotatable bonds is 10. The van der Waals surface area contributed by atoms with Crippen LogP contribution in [0.15, 0.2) is 35.3 Å². The van der Waals surface area contributed by atoms with Crippen LogP contribution in [0, 0.1) is 18.8 Å². The van der Waals surface area contributed by atoms with Gasteiger partial charge in [-0.15, -0.1) is 0 Å². The zero-order chi connectivity index (χ0) is 27.4. The van der Waals surface area contributed by atoms with Crippen LogP contribution in [0.4, 0.5) is 0 Å². The standard InChI is InChI=1S/C29H40N4O5/c1-18(2)16-38-29(36)26(20(4)34)30-13-21-8-9-25-24(12-21)31-27(23-11-19(3)28(35)32(5)15-23)33(25)14-22-7-6-10-37-17-22/h8-9,11-12,15,18,20,22,26,30,34H,6-7,10,13-14,16-17H2,1-5H3. The van der Waals surface area contributed by atoms with E-state index in [2.05, 4.69) is 16.0 Å². The zero-order valence-corrected chi connectivity index (χ0v) is 23.1. The van der Waals surface area contributed by atoms with Crippen molar-refractivity contribution in [3.63, 3.8) is 0 Å². The number of aliphatic hydroxyl groups excluding tert-OH is 1. The van der Waals surface area contributed by atoms with Gasteiger partial charge in [-0.25, -0.2) is 4.98 Å². The Labute approximate surface area is 223 Å². The van der Waals surface area contributed by atoms with E-state index in [9.17, 15) is 14.7 Å². The van der Waals surface area contributed by atoms with Crippen molar-refractivity contribution in [3.8, 4) is 11.4 Å². The van der Waals surface area contributed by atoms with Crippen LogP contribution in [0.25, 0.3) is 22.4 Å². The molecule has 3 unspecified atom stereocenters. The maximum Gasteiger partial charge on any atom is 0.325 e. The van der Waals surface area contributed by atoms with Gasteiger partial charge < -0.3 is 23.7 Å². The molecular weight excluding hydrogens is 484 g/mol. The molecule has 2 N–H and O–H groups in total. The van der Waals surface area contributed by atoms with E-state index in [4.69, 9.17) is 14.5 Å². The number of hydrogen-bond acceptors (Lipinski definition) is 7. The number of carbonyl (C=O) groups is 1.